The number of nitrogens with zero attached hydrogens (tertiary/aromatic N) is 3. The van der Waals surface area contributed by atoms with Gasteiger partial charge in [0.1, 0.15) is 0 Å². The molecule has 0 saturated carbocycles. The Kier molecular flexibility index (Phi) is 2.92. The average molecular weight is 255 g/mol. The number of diazo groups is 1. The molecule has 0 aliphatic carbocycles. The molecular weight excluding hydrogens is 240 g/mol. The summed E-state index contributed by atoms with van der Waals surface area (Å²) in [4.78, 5) is 20.7. The molecule has 96 valence electrons. The van der Waals surface area contributed by atoms with Gasteiger partial charge in [0, 0.05) is 13.1 Å². The van der Waals surface area contributed by atoms with Crippen molar-refractivity contribution in [2.75, 3.05) is 13.1 Å². The number of benzene rings is 1. The van der Waals surface area contributed by atoms with Gasteiger partial charge in [-0.25, -0.2) is 0 Å². The molecule has 19 heavy (non-hydrogen) atoms. The van der Waals surface area contributed by atoms with Gasteiger partial charge >= 0.3 is 5.69 Å². The van der Waals surface area contributed by atoms with Crippen molar-refractivity contribution in [2.24, 2.45) is 0 Å². The third-order valence-electron chi connectivity index (χ3n) is 3.64. The van der Waals surface area contributed by atoms with E-state index in [0.29, 0.717) is 11.4 Å². The molecule has 1 saturated heterocycles. The summed E-state index contributed by atoms with van der Waals surface area (Å²) in [5.41, 5.74) is 1.53. The van der Waals surface area contributed by atoms with Crippen LogP contribution in [0, 0.1) is 5.39 Å². The Morgan fingerprint density at radius 3 is 2.68 bits per heavy atom. The fourth-order valence-electron chi connectivity index (χ4n) is 2.64. The number of fused-ring (bicyclic) bond motifs is 1. The van der Waals surface area contributed by atoms with Crippen molar-refractivity contribution < 1.29 is 4.79 Å². The Hall–Kier alpha value is -2.35. The van der Waals surface area contributed by atoms with Crippen LogP contribution in [0.2, 0.25) is 0 Å². The number of piperidine rings is 1. The highest BCUT2D eigenvalue weighted by Gasteiger charge is 2.30. The number of aromatic nitrogens is 1. The minimum absolute atomic E-state index is 0.0799. The molecule has 1 aliphatic rings. The lowest BCUT2D eigenvalue weighted by Crippen LogP contribution is -2.35. The monoisotopic (exact) mass is 255 g/mol. The number of H-pyrrole nitrogens is 1. The van der Waals surface area contributed by atoms with Crippen LogP contribution in [-0.2, 0) is 0 Å². The Balaban J connectivity index is 2.04. The number of aromatic amines is 1. The highest BCUT2D eigenvalue weighted by molar-refractivity contribution is 6.08. The molecule has 0 atom stereocenters. The zero-order valence-electron chi connectivity index (χ0n) is 10.6. The molecule has 1 fully saturated rings. The van der Waals surface area contributed by atoms with Crippen LogP contribution in [0.3, 0.4) is 0 Å². The van der Waals surface area contributed by atoms with Crippen molar-refractivity contribution in [3.63, 3.8) is 0 Å². The zero-order valence-corrected chi connectivity index (χ0v) is 10.6. The van der Waals surface area contributed by atoms with E-state index in [2.05, 4.69) is 9.96 Å². The zero-order chi connectivity index (χ0) is 13.2. The molecule has 1 amide bonds. The van der Waals surface area contributed by atoms with Gasteiger partial charge in [0.05, 0.1) is 10.9 Å². The number of hydrogen-bond donors (Lipinski definition) is 1. The van der Waals surface area contributed by atoms with Gasteiger partial charge in [0.15, 0.2) is 4.98 Å². The lowest BCUT2D eigenvalue weighted by molar-refractivity contribution is 0.0720. The lowest BCUT2D eigenvalue weighted by Gasteiger charge is -2.25. The third-order valence-corrected chi connectivity index (χ3v) is 3.64. The first kappa shape index (κ1) is 11.7. The molecule has 3 rings (SSSR count). The summed E-state index contributed by atoms with van der Waals surface area (Å²) in [5, 5.41) is 9.96. The first-order valence-corrected chi connectivity index (χ1v) is 6.56. The molecule has 2 aromatic rings. The van der Waals surface area contributed by atoms with Gasteiger partial charge < -0.3 is 9.88 Å². The normalized spacial score (nSPS) is 15.4. The van der Waals surface area contributed by atoms with E-state index >= 15 is 0 Å². The van der Waals surface area contributed by atoms with Gasteiger partial charge in [-0.1, -0.05) is 12.1 Å². The van der Waals surface area contributed by atoms with Gasteiger partial charge in [0.2, 0.25) is 11.1 Å². The van der Waals surface area contributed by atoms with Gasteiger partial charge in [-0.15, -0.1) is 0 Å². The van der Waals surface area contributed by atoms with Crippen molar-refractivity contribution in [3.8, 4) is 0 Å². The van der Waals surface area contributed by atoms with Crippen molar-refractivity contribution in [1.29, 1.82) is 5.39 Å². The van der Waals surface area contributed by atoms with Crippen molar-refractivity contribution in [3.05, 3.63) is 34.9 Å². The standard InChI is InChI=1S/C14H14N4O/c15-17-12-10-6-2-3-7-11(10)16-13(12)14(19)18-8-4-1-5-9-18/h2-3,6-7H,1,4-5,8-9H2/p+1. The molecule has 5 nitrogen and oxygen atoms in total. The highest BCUT2D eigenvalue weighted by Crippen LogP contribution is 2.31. The fraction of sp³-hybridized carbons (Fsp3) is 0.357. The Morgan fingerprint density at radius 2 is 1.95 bits per heavy atom. The topological polar surface area (TPSA) is 64.2 Å². The average Bonchev–Trinajstić information content (AvgIpc) is 2.85. The highest BCUT2D eigenvalue weighted by atomic mass is 16.2. The summed E-state index contributed by atoms with van der Waals surface area (Å²) in [5.74, 6) is -0.0799. The summed E-state index contributed by atoms with van der Waals surface area (Å²) in [6.07, 6.45) is 3.25. The number of carbonyl (C=O) groups excluding carboxylic acids is 1. The van der Waals surface area contributed by atoms with Crippen LogP contribution in [0.15, 0.2) is 24.3 Å². The number of rotatable bonds is 1. The summed E-state index contributed by atoms with van der Waals surface area (Å²) in [6, 6.07) is 7.46. The Bertz CT molecular complexity index is 662. The number of hydrogen-bond acceptors (Lipinski definition) is 2. The van der Waals surface area contributed by atoms with E-state index < -0.39 is 0 Å². The number of amides is 1. The molecule has 1 aromatic heterocycles. The van der Waals surface area contributed by atoms with E-state index in [9.17, 15) is 10.2 Å². The van der Waals surface area contributed by atoms with E-state index in [1.807, 2.05) is 29.2 Å². The minimum Gasteiger partial charge on any atom is -0.344 e. The van der Waals surface area contributed by atoms with Gasteiger partial charge in [-0.05, 0) is 31.4 Å². The van der Waals surface area contributed by atoms with E-state index in [1.54, 1.807) is 0 Å². The van der Waals surface area contributed by atoms with Crippen LogP contribution in [0.4, 0.5) is 5.69 Å². The molecule has 1 aliphatic heterocycles. The van der Waals surface area contributed by atoms with Crippen LogP contribution >= 0.6 is 0 Å². The largest absolute Gasteiger partial charge is 0.423 e. The molecule has 0 bridgehead atoms. The first-order chi connectivity index (χ1) is 9.31. The minimum atomic E-state index is -0.0799. The van der Waals surface area contributed by atoms with Crippen molar-refractivity contribution in [1.82, 2.24) is 9.88 Å². The molecule has 0 radical (unpaired) electrons. The third kappa shape index (κ3) is 1.95. The number of likely N-dealkylation sites (tertiary alicyclic amines) is 1. The van der Waals surface area contributed by atoms with Gasteiger partial charge in [-0.3, -0.25) is 4.79 Å². The predicted octanol–water partition coefficient (Wildman–Crippen LogP) is 3.28. The van der Waals surface area contributed by atoms with Crippen LogP contribution in [0.1, 0.15) is 29.8 Å². The second-order valence-corrected chi connectivity index (χ2v) is 4.85. The molecular formula is C14H15N4O+. The first-order valence-electron chi connectivity index (χ1n) is 6.56. The molecule has 1 aromatic carbocycles. The van der Waals surface area contributed by atoms with E-state index in [4.69, 9.17) is 0 Å². The molecule has 2 heterocycles. The summed E-state index contributed by atoms with van der Waals surface area (Å²) >= 11 is 0. The van der Waals surface area contributed by atoms with Crippen LogP contribution in [0.5, 0.6) is 0 Å². The van der Waals surface area contributed by atoms with Crippen LogP contribution in [-0.4, -0.2) is 28.9 Å². The summed E-state index contributed by atoms with van der Waals surface area (Å²) in [6.45, 7) is 1.55. The van der Waals surface area contributed by atoms with Crippen LogP contribution in [0.25, 0.3) is 15.9 Å². The smallest absolute Gasteiger partial charge is 0.344 e. The quantitative estimate of drug-likeness (QED) is 0.795. The number of nitrogens with one attached hydrogen (secondary N) is 1. The lowest BCUT2D eigenvalue weighted by atomic mass is 10.1. The van der Waals surface area contributed by atoms with Gasteiger partial charge in [-0.2, -0.15) is 0 Å². The number of carbonyl (C=O) groups is 1. The second kappa shape index (κ2) is 4.73. The van der Waals surface area contributed by atoms with Crippen molar-refractivity contribution >= 4 is 22.5 Å². The predicted molar refractivity (Wildman–Crippen MR) is 72.8 cm³/mol. The Labute approximate surface area is 110 Å². The van der Waals surface area contributed by atoms with Crippen LogP contribution < -0.4 is 0 Å². The molecule has 0 unspecified atom stereocenters. The Morgan fingerprint density at radius 1 is 1.21 bits per heavy atom. The summed E-state index contributed by atoms with van der Waals surface area (Å²) in [7, 11) is 0. The molecule has 5 heteroatoms. The van der Waals surface area contributed by atoms with E-state index in [-0.39, 0.29) is 5.91 Å². The maximum atomic E-state index is 12.5. The molecule has 1 N–H and O–H groups in total. The SMILES string of the molecule is N#[N+]c1c(C(=O)N2CCCCC2)[nH]c2ccccc12. The van der Waals surface area contributed by atoms with E-state index in [0.717, 1.165) is 36.8 Å². The fourth-order valence-corrected chi connectivity index (χ4v) is 2.64. The maximum Gasteiger partial charge on any atom is 0.423 e. The van der Waals surface area contributed by atoms with E-state index in [1.165, 1.54) is 6.42 Å². The molecule has 0 spiro atoms. The summed E-state index contributed by atoms with van der Waals surface area (Å²) < 4.78 is 0. The van der Waals surface area contributed by atoms with Crippen molar-refractivity contribution in [2.45, 2.75) is 19.3 Å². The number of para-hydroxylation sites is 1. The second-order valence-electron chi connectivity index (χ2n) is 4.85. The van der Waals surface area contributed by atoms with Gasteiger partial charge in [0.25, 0.3) is 5.91 Å². The maximum absolute atomic E-state index is 12.5.